The van der Waals surface area contributed by atoms with Crippen molar-refractivity contribution in [3.8, 4) is 0 Å². The molecule has 1 aliphatic carbocycles. The van der Waals surface area contributed by atoms with Gasteiger partial charge in [0.05, 0.1) is 29.4 Å². The molecule has 0 radical (unpaired) electrons. The van der Waals surface area contributed by atoms with Gasteiger partial charge in [-0.2, -0.15) is 5.10 Å². The van der Waals surface area contributed by atoms with E-state index >= 15 is 0 Å². The van der Waals surface area contributed by atoms with Crippen molar-refractivity contribution < 1.29 is 9.59 Å². The lowest BCUT2D eigenvalue weighted by Gasteiger charge is -2.27. The monoisotopic (exact) mass is 378 g/mol. The highest BCUT2D eigenvalue weighted by molar-refractivity contribution is 6.01. The molecule has 0 N–H and O–H groups in total. The molecular weight excluding hydrogens is 352 g/mol. The van der Waals surface area contributed by atoms with Crippen molar-refractivity contribution in [1.29, 1.82) is 0 Å². The van der Waals surface area contributed by atoms with Crippen LogP contribution < -0.4 is 0 Å². The second-order valence-corrected chi connectivity index (χ2v) is 8.35. The Morgan fingerprint density at radius 1 is 1.25 bits per heavy atom. The highest BCUT2D eigenvalue weighted by atomic mass is 16.2. The van der Waals surface area contributed by atoms with Crippen molar-refractivity contribution in [2.75, 3.05) is 13.1 Å². The van der Waals surface area contributed by atoms with Crippen LogP contribution in [0.15, 0.2) is 36.2 Å². The lowest BCUT2D eigenvalue weighted by atomic mass is 9.99. The lowest BCUT2D eigenvalue weighted by molar-refractivity contribution is -0.128. The van der Waals surface area contributed by atoms with Crippen molar-refractivity contribution in [3.63, 3.8) is 0 Å². The number of hydrogen-bond acceptors (Lipinski definition) is 3. The molecule has 2 aromatic heterocycles. The lowest BCUT2D eigenvalue weighted by Crippen LogP contribution is -2.40. The van der Waals surface area contributed by atoms with Crippen molar-refractivity contribution in [2.45, 2.75) is 57.5 Å². The van der Waals surface area contributed by atoms with E-state index in [0.29, 0.717) is 18.5 Å². The van der Waals surface area contributed by atoms with Gasteiger partial charge in [-0.05, 0) is 50.7 Å². The van der Waals surface area contributed by atoms with Crippen molar-refractivity contribution in [3.05, 3.63) is 47.3 Å². The Hall–Kier alpha value is -2.63. The van der Waals surface area contributed by atoms with Gasteiger partial charge < -0.3 is 9.80 Å². The van der Waals surface area contributed by atoms with Crippen LogP contribution in [0.1, 0.15) is 54.4 Å². The third-order valence-electron chi connectivity index (χ3n) is 6.53. The first-order valence-electron chi connectivity index (χ1n) is 10.3. The smallest absolute Gasteiger partial charge is 0.258 e. The van der Waals surface area contributed by atoms with Crippen LogP contribution in [0.5, 0.6) is 0 Å². The maximum absolute atomic E-state index is 13.3. The fourth-order valence-electron chi connectivity index (χ4n) is 5.06. The summed E-state index contributed by atoms with van der Waals surface area (Å²) < 4.78 is 1.76. The molecule has 0 unspecified atom stereocenters. The molecule has 146 valence electrons. The summed E-state index contributed by atoms with van der Waals surface area (Å²) in [5.74, 6) is 0.187. The minimum absolute atomic E-state index is 0.00196. The van der Waals surface area contributed by atoms with Gasteiger partial charge >= 0.3 is 0 Å². The Morgan fingerprint density at radius 3 is 2.96 bits per heavy atom. The second-order valence-electron chi connectivity index (χ2n) is 8.35. The van der Waals surface area contributed by atoms with Gasteiger partial charge in [0, 0.05) is 25.7 Å². The van der Waals surface area contributed by atoms with Gasteiger partial charge in [-0.15, -0.1) is 0 Å². The van der Waals surface area contributed by atoms with E-state index < -0.39 is 0 Å². The van der Waals surface area contributed by atoms with Crippen LogP contribution >= 0.6 is 0 Å². The number of rotatable bonds is 3. The van der Waals surface area contributed by atoms with Crippen molar-refractivity contribution >= 4 is 17.3 Å². The topological polar surface area (TPSA) is 57.9 Å². The number of carbonyl (C=O) groups is 2. The molecule has 2 amide bonds. The van der Waals surface area contributed by atoms with E-state index in [1.54, 1.807) is 10.7 Å². The predicted molar refractivity (Wildman–Crippen MR) is 106 cm³/mol. The molecule has 4 heterocycles. The summed E-state index contributed by atoms with van der Waals surface area (Å²) in [6, 6.07) is 4.09. The van der Waals surface area contributed by atoms with Gasteiger partial charge in [-0.25, -0.2) is 4.52 Å². The van der Waals surface area contributed by atoms with Gasteiger partial charge in [-0.3, -0.25) is 9.59 Å². The molecule has 2 fully saturated rings. The number of allylic oxidation sites excluding steroid dienone is 1. The largest absolute Gasteiger partial charge is 0.333 e. The van der Waals surface area contributed by atoms with Gasteiger partial charge in [0.25, 0.3) is 5.91 Å². The number of aromatic nitrogens is 2. The van der Waals surface area contributed by atoms with E-state index in [-0.39, 0.29) is 23.9 Å². The number of aryl methyl sites for hydroxylation is 1. The Balaban J connectivity index is 1.37. The molecule has 6 nitrogen and oxygen atoms in total. The zero-order chi connectivity index (χ0) is 19.3. The van der Waals surface area contributed by atoms with Gasteiger partial charge in [0.1, 0.15) is 0 Å². The van der Waals surface area contributed by atoms with E-state index in [2.05, 4.69) is 11.2 Å². The summed E-state index contributed by atoms with van der Waals surface area (Å²) in [7, 11) is 0. The SMILES string of the molecule is Cc1ccc2c(C(=O)N3CC[C@H]4[C@@H]3CC(=O)N4CC3=CCCCC3)cnn2c1. The molecule has 2 aromatic rings. The van der Waals surface area contributed by atoms with Gasteiger partial charge in [0.2, 0.25) is 5.91 Å². The Morgan fingerprint density at radius 2 is 2.14 bits per heavy atom. The van der Waals surface area contributed by atoms with Crippen molar-refractivity contribution in [1.82, 2.24) is 19.4 Å². The maximum atomic E-state index is 13.3. The first-order valence-corrected chi connectivity index (χ1v) is 10.3. The third kappa shape index (κ3) is 2.82. The normalized spacial score (nSPS) is 24.8. The number of carbonyl (C=O) groups excluding carboxylic acids is 2. The van der Waals surface area contributed by atoms with Crippen LogP contribution in [-0.2, 0) is 4.79 Å². The van der Waals surface area contributed by atoms with Crippen LogP contribution in [-0.4, -0.2) is 56.4 Å². The van der Waals surface area contributed by atoms with E-state index in [1.165, 1.54) is 18.4 Å². The first kappa shape index (κ1) is 17.5. The van der Waals surface area contributed by atoms with E-state index in [4.69, 9.17) is 0 Å². The average Bonchev–Trinajstić information content (AvgIpc) is 3.37. The molecule has 2 aliphatic heterocycles. The number of fused-ring (bicyclic) bond motifs is 2. The van der Waals surface area contributed by atoms with Crippen LogP contribution in [0, 0.1) is 6.92 Å². The second kappa shape index (κ2) is 6.76. The van der Waals surface area contributed by atoms with Crippen LogP contribution in [0.2, 0.25) is 0 Å². The summed E-state index contributed by atoms with van der Waals surface area (Å²) in [6.07, 6.45) is 11.9. The van der Waals surface area contributed by atoms with E-state index in [1.807, 2.05) is 35.1 Å². The fraction of sp³-hybridized carbons (Fsp3) is 0.500. The third-order valence-corrected chi connectivity index (χ3v) is 6.53. The quantitative estimate of drug-likeness (QED) is 0.772. The fourth-order valence-corrected chi connectivity index (χ4v) is 5.06. The van der Waals surface area contributed by atoms with E-state index in [9.17, 15) is 9.59 Å². The Labute approximate surface area is 164 Å². The molecule has 0 saturated carbocycles. The predicted octanol–water partition coefficient (Wildman–Crippen LogP) is 2.96. The molecular formula is C22H26N4O2. The maximum Gasteiger partial charge on any atom is 0.258 e. The molecule has 0 bridgehead atoms. The molecule has 5 rings (SSSR count). The van der Waals surface area contributed by atoms with Crippen LogP contribution in [0.4, 0.5) is 0 Å². The zero-order valence-corrected chi connectivity index (χ0v) is 16.3. The number of likely N-dealkylation sites (tertiary alicyclic amines) is 2. The standard InChI is InChI=1S/C22H26N4O2/c1-15-7-8-18-17(12-23-26(18)13-15)22(28)24-10-9-19-20(24)11-21(27)25(19)14-16-5-3-2-4-6-16/h5,7-8,12-13,19-20H,2-4,6,9-11,14H2,1H3/t19-,20-/m0/s1. The molecule has 2 atom stereocenters. The number of hydrogen-bond donors (Lipinski definition) is 0. The molecule has 0 aromatic carbocycles. The Bertz CT molecular complexity index is 976. The van der Waals surface area contributed by atoms with Crippen LogP contribution in [0.25, 0.3) is 5.52 Å². The minimum Gasteiger partial charge on any atom is -0.333 e. The summed E-state index contributed by atoms with van der Waals surface area (Å²) >= 11 is 0. The summed E-state index contributed by atoms with van der Waals surface area (Å²) in [5.41, 5.74) is 3.95. The highest BCUT2D eigenvalue weighted by Crippen LogP contribution is 2.35. The first-order chi connectivity index (χ1) is 13.6. The molecule has 6 heteroatoms. The molecule has 3 aliphatic rings. The summed E-state index contributed by atoms with van der Waals surface area (Å²) in [5, 5.41) is 4.35. The summed E-state index contributed by atoms with van der Waals surface area (Å²) in [6.45, 7) is 3.46. The Kier molecular flexibility index (Phi) is 4.22. The number of amides is 2. The molecule has 0 spiro atoms. The number of pyridine rings is 1. The van der Waals surface area contributed by atoms with Gasteiger partial charge in [0.15, 0.2) is 0 Å². The average molecular weight is 378 g/mol. The minimum atomic E-state index is -0.00964. The number of nitrogens with zero attached hydrogens (tertiary/aromatic N) is 4. The van der Waals surface area contributed by atoms with E-state index in [0.717, 1.165) is 36.9 Å². The van der Waals surface area contributed by atoms with Crippen molar-refractivity contribution in [2.24, 2.45) is 0 Å². The zero-order valence-electron chi connectivity index (χ0n) is 16.3. The molecule has 2 saturated heterocycles. The highest BCUT2D eigenvalue weighted by Gasteiger charge is 2.48. The van der Waals surface area contributed by atoms with Crippen LogP contribution in [0.3, 0.4) is 0 Å². The summed E-state index contributed by atoms with van der Waals surface area (Å²) in [4.78, 5) is 29.9. The molecule has 28 heavy (non-hydrogen) atoms. The van der Waals surface area contributed by atoms with Gasteiger partial charge in [-0.1, -0.05) is 17.7 Å².